The number of nitrogens with one attached hydrogen (secondary N) is 1. The number of aromatic nitrogens is 1. The van der Waals surface area contributed by atoms with Gasteiger partial charge in [0.1, 0.15) is 18.7 Å². The number of Topliss-reactive ketones (excluding diaryl/α,β-unsaturated/α-hetero) is 1. The van der Waals surface area contributed by atoms with E-state index in [-0.39, 0.29) is 41.6 Å². The number of hydrogen-bond acceptors (Lipinski definition) is 8. The Labute approximate surface area is 247 Å². The maximum atomic E-state index is 13.9. The van der Waals surface area contributed by atoms with Gasteiger partial charge in [0, 0.05) is 55.1 Å². The highest BCUT2D eigenvalue weighted by atomic mass is 32.1. The number of carbonyl (C=O) groups excluding carboxylic acids is 3. The van der Waals surface area contributed by atoms with E-state index in [0.717, 1.165) is 55.4 Å². The zero-order valence-corrected chi connectivity index (χ0v) is 25.7. The average molecular weight is 582 g/mol. The molecule has 3 fully saturated rings. The fourth-order valence-corrected chi connectivity index (χ4v) is 7.08. The van der Waals surface area contributed by atoms with Gasteiger partial charge in [0.2, 0.25) is 5.91 Å². The molecule has 2 amide bonds. The number of ether oxygens (including phenoxy) is 1. The number of rotatable bonds is 8. The second-order valence-corrected chi connectivity index (χ2v) is 13.7. The summed E-state index contributed by atoms with van der Waals surface area (Å²) >= 11 is 1.64. The van der Waals surface area contributed by atoms with Gasteiger partial charge in [0.15, 0.2) is 10.9 Å². The largest absolute Gasteiger partial charge is 0.367 e. The third-order valence-corrected chi connectivity index (χ3v) is 9.26. The molecule has 3 saturated heterocycles. The minimum atomic E-state index is -0.735. The standard InChI is InChI=1S/C31H43N5O4S/c1-6-7-22-17-36(26-25(37)18-40-27(22)26)29(39)23(16-31(2,3)4)32-28(38)21-10-8-20(9-11-21)24-19-41-30(33-24)35-14-12-34(5)13-15-35/h8-11,19,22-23,26-27H,6-7,12-18H2,1-5H3,(H,32,38)/t22-,23?,26-,27-/m1/s1. The van der Waals surface area contributed by atoms with Crippen LogP contribution in [-0.2, 0) is 14.3 Å². The lowest BCUT2D eigenvalue weighted by atomic mass is 9.87. The van der Waals surface area contributed by atoms with Crippen molar-refractivity contribution in [2.24, 2.45) is 11.3 Å². The predicted octanol–water partition coefficient (Wildman–Crippen LogP) is 3.69. The first-order chi connectivity index (χ1) is 19.5. The molecule has 0 spiro atoms. The van der Waals surface area contributed by atoms with Crippen molar-refractivity contribution in [3.8, 4) is 11.3 Å². The molecule has 0 aliphatic carbocycles. The summed E-state index contributed by atoms with van der Waals surface area (Å²) in [6.45, 7) is 12.8. The van der Waals surface area contributed by atoms with E-state index in [1.807, 2.05) is 12.1 Å². The Morgan fingerprint density at radius 3 is 2.51 bits per heavy atom. The van der Waals surface area contributed by atoms with E-state index in [1.165, 1.54) is 0 Å². The maximum absolute atomic E-state index is 13.9. The number of fused-ring (bicyclic) bond motifs is 1. The normalized spacial score (nSPS) is 24.0. The van der Waals surface area contributed by atoms with Gasteiger partial charge < -0.3 is 24.8 Å². The van der Waals surface area contributed by atoms with E-state index in [9.17, 15) is 14.4 Å². The summed E-state index contributed by atoms with van der Waals surface area (Å²) in [5, 5.41) is 6.09. The van der Waals surface area contributed by atoms with Gasteiger partial charge in [-0.05, 0) is 37.4 Å². The summed E-state index contributed by atoms with van der Waals surface area (Å²) in [6, 6.07) is 6.11. The van der Waals surface area contributed by atoms with E-state index in [4.69, 9.17) is 9.72 Å². The van der Waals surface area contributed by atoms with Crippen molar-refractivity contribution in [2.45, 2.75) is 65.1 Å². The molecule has 0 bridgehead atoms. The SMILES string of the molecule is CCC[C@@H]1CN(C(=O)C(CC(C)(C)C)NC(=O)c2ccc(-c3csc(N4CCN(C)CC4)n3)cc2)[C@@H]2C(=O)CO[C@H]12. The Hall–Kier alpha value is -2.82. The van der Waals surface area contributed by atoms with Gasteiger partial charge >= 0.3 is 0 Å². The summed E-state index contributed by atoms with van der Waals surface area (Å²) in [5.74, 6) is -0.403. The highest BCUT2D eigenvalue weighted by Gasteiger charge is 2.52. The first-order valence-corrected chi connectivity index (χ1v) is 15.7. The number of piperazine rings is 1. The highest BCUT2D eigenvalue weighted by Crippen LogP contribution is 2.35. The van der Waals surface area contributed by atoms with Crippen LogP contribution in [0.2, 0.25) is 0 Å². The Morgan fingerprint density at radius 2 is 1.85 bits per heavy atom. The molecule has 4 heterocycles. The van der Waals surface area contributed by atoms with Crippen molar-refractivity contribution in [1.82, 2.24) is 20.1 Å². The molecule has 222 valence electrons. The molecule has 2 aromatic rings. The van der Waals surface area contributed by atoms with Crippen molar-refractivity contribution in [1.29, 1.82) is 0 Å². The molecule has 1 N–H and O–H groups in total. The van der Waals surface area contributed by atoms with Crippen LogP contribution >= 0.6 is 11.3 Å². The van der Waals surface area contributed by atoms with E-state index in [2.05, 4.69) is 55.2 Å². The number of ketones is 1. The van der Waals surface area contributed by atoms with Crippen LogP contribution in [0.4, 0.5) is 5.13 Å². The van der Waals surface area contributed by atoms with Gasteiger partial charge in [0.05, 0.1) is 11.8 Å². The smallest absolute Gasteiger partial charge is 0.251 e. The van der Waals surface area contributed by atoms with Crippen molar-refractivity contribution >= 4 is 34.1 Å². The Balaban J connectivity index is 1.28. The number of hydrogen-bond donors (Lipinski definition) is 1. The molecule has 3 aliphatic heterocycles. The van der Waals surface area contributed by atoms with Gasteiger partial charge in [-0.1, -0.05) is 46.2 Å². The molecule has 0 saturated carbocycles. The lowest BCUT2D eigenvalue weighted by Crippen LogP contribution is -2.53. The van der Waals surface area contributed by atoms with Crippen LogP contribution in [0.25, 0.3) is 11.3 Å². The molecule has 10 heteroatoms. The minimum Gasteiger partial charge on any atom is -0.367 e. The van der Waals surface area contributed by atoms with Gasteiger partial charge in [-0.15, -0.1) is 11.3 Å². The monoisotopic (exact) mass is 581 g/mol. The number of nitrogens with zero attached hydrogens (tertiary/aromatic N) is 4. The molecule has 1 aromatic carbocycles. The van der Waals surface area contributed by atoms with Gasteiger partial charge in [-0.25, -0.2) is 4.98 Å². The Morgan fingerprint density at radius 1 is 1.15 bits per heavy atom. The summed E-state index contributed by atoms with van der Waals surface area (Å²) in [7, 11) is 2.14. The summed E-state index contributed by atoms with van der Waals surface area (Å²) < 4.78 is 5.81. The number of benzene rings is 1. The van der Waals surface area contributed by atoms with Gasteiger partial charge in [0.25, 0.3) is 5.91 Å². The van der Waals surface area contributed by atoms with Gasteiger partial charge in [-0.3, -0.25) is 14.4 Å². The number of amides is 2. The Bertz CT molecular complexity index is 1250. The minimum absolute atomic E-state index is 0.0452. The van der Waals surface area contributed by atoms with Crippen LogP contribution in [0.15, 0.2) is 29.6 Å². The quantitative estimate of drug-likeness (QED) is 0.508. The third-order valence-electron chi connectivity index (χ3n) is 8.36. The van der Waals surface area contributed by atoms with Crippen LogP contribution in [0, 0.1) is 11.3 Å². The van der Waals surface area contributed by atoms with Crippen LogP contribution in [0.1, 0.15) is 57.3 Å². The third kappa shape index (κ3) is 6.65. The Kier molecular flexibility index (Phi) is 8.82. The van der Waals surface area contributed by atoms with Crippen molar-refractivity contribution < 1.29 is 19.1 Å². The van der Waals surface area contributed by atoms with E-state index in [0.29, 0.717) is 18.5 Å². The average Bonchev–Trinajstić information content (AvgIpc) is 3.66. The molecular formula is C31H43N5O4S. The fraction of sp³-hybridized carbons (Fsp3) is 0.613. The van der Waals surface area contributed by atoms with Crippen molar-refractivity contribution in [3.05, 3.63) is 35.2 Å². The van der Waals surface area contributed by atoms with E-state index < -0.39 is 12.1 Å². The summed E-state index contributed by atoms with van der Waals surface area (Å²) in [4.78, 5) is 51.2. The number of thiazole rings is 1. The lowest BCUT2D eigenvalue weighted by molar-refractivity contribution is -0.138. The number of carbonyl (C=O) groups is 3. The molecule has 9 nitrogen and oxygen atoms in total. The predicted molar refractivity (Wildman–Crippen MR) is 161 cm³/mol. The van der Waals surface area contributed by atoms with Crippen LogP contribution < -0.4 is 10.2 Å². The molecular weight excluding hydrogens is 538 g/mol. The second-order valence-electron chi connectivity index (χ2n) is 12.9. The molecule has 4 atom stereocenters. The number of anilines is 1. The second kappa shape index (κ2) is 12.2. The first kappa shape index (κ1) is 29.7. The maximum Gasteiger partial charge on any atom is 0.251 e. The fourth-order valence-electron chi connectivity index (χ4n) is 6.19. The molecule has 41 heavy (non-hydrogen) atoms. The zero-order valence-electron chi connectivity index (χ0n) is 24.9. The molecule has 1 unspecified atom stereocenters. The molecule has 5 rings (SSSR count). The zero-order chi connectivity index (χ0) is 29.3. The highest BCUT2D eigenvalue weighted by molar-refractivity contribution is 7.14. The van der Waals surface area contributed by atoms with Crippen molar-refractivity contribution in [3.63, 3.8) is 0 Å². The summed E-state index contributed by atoms with van der Waals surface area (Å²) in [5.41, 5.74) is 2.12. The van der Waals surface area contributed by atoms with E-state index >= 15 is 0 Å². The van der Waals surface area contributed by atoms with Gasteiger partial charge in [-0.2, -0.15) is 0 Å². The molecule has 1 aromatic heterocycles. The number of likely N-dealkylation sites (tertiary alicyclic amines) is 1. The number of likely N-dealkylation sites (N-methyl/N-ethyl adjacent to an activating group) is 1. The molecule has 3 aliphatic rings. The molecule has 0 radical (unpaired) electrons. The van der Waals surface area contributed by atoms with Crippen LogP contribution in [0.5, 0.6) is 0 Å². The van der Waals surface area contributed by atoms with Crippen molar-refractivity contribution in [2.75, 3.05) is 51.3 Å². The van der Waals surface area contributed by atoms with Crippen LogP contribution in [-0.4, -0.2) is 96.9 Å². The first-order valence-electron chi connectivity index (χ1n) is 14.8. The lowest BCUT2D eigenvalue weighted by Gasteiger charge is -2.32. The van der Waals surface area contributed by atoms with Crippen LogP contribution in [0.3, 0.4) is 0 Å². The summed E-state index contributed by atoms with van der Waals surface area (Å²) in [6.07, 6.45) is 2.08. The van der Waals surface area contributed by atoms with E-state index in [1.54, 1.807) is 28.4 Å². The topological polar surface area (TPSA) is 95.1 Å².